The predicted molar refractivity (Wildman–Crippen MR) is 132 cm³/mol. The third-order valence-corrected chi connectivity index (χ3v) is 6.72. The Labute approximate surface area is 200 Å². The highest BCUT2D eigenvalue weighted by molar-refractivity contribution is 6.32. The molecule has 3 aromatic rings. The topological polar surface area (TPSA) is 34.2 Å². The highest BCUT2D eigenvalue weighted by Gasteiger charge is 2.23. The lowest BCUT2D eigenvalue weighted by Gasteiger charge is -2.37. The molecule has 2 aliphatic heterocycles. The molecule has 172 valence electrons. The van der Waals surface area contributed by atoms with Crippen LogP contribution in [0.1, 0.15) is 23.7 Å². The van der Waals surface area contributed by atoms with Gasteiger partial charge in [0.25, 0.3) is 0 Å². The highest BCUT2D eigenvalue weighted by Crippen LogP contribution is 2.37. The lowest BCUT2D eigenvalue weighted by Crippen LogP contribution is -2.47. The third-order valence-electron chi connectivity index (χ3n) is 6.41. The summed E-state index contributed by atoms with van der Waals surface area (Å²) in [5, 5.41) is 0.620. The maximum Gasteiger partial charge on any atom is 0.231 e. The largest absolute Gasteiger partial charge is 0.484 e. The molecule has 1 atom stereocenters. The van der Waals surface area contributed by atoms with Crippen molar-refractivity contribution in [2.75, 3.05) is 44.4 Å². The fourth-order valence-corrected chi connectivity index (χ4v) is 4.71. The molecule has 6 heteroatoms. The number of fused-ring (bicyclic) bond motifs is 1. The Morgan fingerprint density at radius 1 is 0.909 bits per heavy atom. The van der Waals surface area contributed by atoms with Crippen molar-refractivity contribution >= 4 is 17.3 Å². The fraction of sp³-hybridized carbons (Fsp3) is 0.333. The van der Waals surface area contributed by atoms with Crippen molar-refractivity contribution < 1.29 is 14.2 Å². The Hall–Kier alpha value is -2.89. The van der Waals surface area contributed by atoms with Crippen molar-refractivity contribution in [1.29, 1.82) is 0 Å². The summed E-state index contributed by atoms with van der Waals surface area (Å²) < 4.78 is 17.5. The first-order chi connectivity index (χ1) is 16.2. The molecule has 0 radical (unpaired) electrons. The first kappa shape index (κ1) is 21.9. The van der Waals surface area contributed by atoms with Crippen LogP contribution >= 0.6 is 11.6 Å². The van der Waals surface area contributed by atoms with Gasteiger partial charge in [0, 0.05) is 44.8 Å². The molecule has 0 amide bonds. The number of rotatable bonds is 7. The summed E-state index contributed by atoms with van der Waals surface area (Å²) in [5.74, 6) is 2.25. The predicted octanol–water partition coefficient (Wildman–Crippen LogP) is 5.71. The van der Waals surface area contributed by atoms with Gasteiger partial charge in [-0.3, -0.25) is 4.90 Å². The Balaban J connectivity index is 1.26. The number of anilines is 1. The number of hydrogen-bond donors (Lipinski definition) is 0. The van der Waals surface area contributed by atoms with Crippen LogP contribution < -0.4 is 19.1 Å². The number of ether oxygens (including phenoxy) is 3. The molecule has 0 saturated carbocycles. The zero-order chi connectivity index (χ0) is 22.6. The van der Waals surface area contributed by atoms with E-state index in [0.29, 0.717) is 10.8 Å². The van der Waals surface area contributed by atoms with Gasteiger partial charge in [0.15, 0.2) is 11.5 Å². The van der Waals surface area contributed by atoms with Crippen LogP contribution in [0.5, 0.6) is 17.2 Å². The van der Waals surface area contributed by atoms with Crippen LogP contribution in [-0.4, -0.2) is 44.4 Å². The van der Waals surface area contributed by atoms with E-state index >= 15 is 0 Å². The monoisotopic (exact) mass is 464 g/mol. The van der Waals surface area contributed by atoms with Gasteiger partial charge in [-0.1, -0.05) is 48.0 Å². The second kappa shape index (κ2) is 9.94. The van der Waals surface area contributed by atoms with Gasteiger partial charge in [0.05, 0.1) is 5.02 Å². The van der Waals surface area contributed by atoms with Gasteiger partial charge in [-0.2, -0.15) is 0 Å². The zero-order valence-electron chi connectivity index (χ0n) is 18.9. The van der Waals surface area contributed by atoms with Crippen LogP contribution in [-0.2, 0) is 0 Å². The third kappa shape index (κ3) is 5.05. The molecule has 0 spiro atoms. The first-order valence-electron chi connectivity index (χ1n) is 11.5. The number of para-hydroxylation sites is 2. The van der Waals surface area contributed by atoms with Crippen molar-refractivity contribution in [2.24, 2.45) is 0 Å². The molecule has 2 aliphatic rings. The molecule has 1 saturated heterocycles. The summed E-state index contributed by atoms with van der Waals surface area (Å²) in [7, 11) is 0. The van der Waals surface area contributed by atoms with Gasteiger partial charge >= 0.3 is 0 Å². The van der Waals surface area contributed by atoms with Crippen molar-refractivity contribution in [3.05, 3.63) is 82.9 Å². The lowest BCUT2D eigenvalue weighted by atomic mass is 10.0. The van der Waals surface area contributed by atoms with Crippen LogP contribution in [0.25, 0.3) is 0 Å². The van der Waals surface area contributed by atoms with E-state index in [1.807, 2.05) is 36.4 Å². The Morgan fingerprint density at radius 2 is 1.67 bits per heavy atom. The standard InChI is InChI=1S/C27H29ClN2O3/c1-20-6-2-4-8-23(20)30-16-14-29(15-17-30)13-12-24(33-25-9-5-3-7-22(25)28)21-10-11-26-27(18-21)32-19-31-26/h2-11,18,24H,12-17,19H2,1H3/t24-/m0/s1. The molecule has 5 rings (SSSR count). The number of halogens is 1. The van der Waals surface area contributed by atoms with Crippen molar-refractivity contribution in [3.63, 3.8) is 0 Å². The molecule has 0 bridgehead atoms. The average molecular weight is 465 g/mol. The van der Waals surface area contributed by atoms with Gasteiger partial charge in [-0.25, -0.2) is 0 Å². The minimum Gasteiger partial charge on any atom is -0.484 e. The lowest BCUT2D eigenvalue weighted by molar-refractivity contribution is 0.159. The van der Waals surface area contributed by atoms with E-state index in [1.54, 1.807) is 0 Å². The molecular weight excluding hydrogens is 436 g/mol. The molecule has 0 unspecified atom stereocenters. The molecule has 0 N–H and O–H groups in total. The molecule has 2 heterocycles. The van der Waals surface area contributed by atoms with Crippen LogP contribution in [0.4, 0.5) is 5.69 Å². The minimum atomic E-state index is -0.131. The van der Waals surface area contributed by atoms with Crippen molar-refractivity contribution in [3.8, 4) is 17.2 Å². The van der Waals surface area contributed by atoms with Crippen LogP contribution in [0.3, 0.4) is 0 Å². The summed E-state index contributed by atoms with van der Waals surface area (Å²) in [6, 6.07) is 22.3. The summed E-state index contributed by atoms with van der Waals surface area (Å²) in [6.45, 7) is 7.54. The Kier molecular flexibility index (Phi) is 6.60. The fourth-order valence-electron chi connectivity index (χ4n) is 4.53. The number of hydrogen-bond acceptors (Lipinski definition) is 5. The molecule has 0 aliphatic carbocycles. The molecule has 1 fully saturated rings. The molecule has 33 heavy (non-hydrogen) atoms. The van der Waals surface area contributed by atoms with Crippen LogP contribution in [0.2, 0.25) is 5.02 Å². The molecule has 5 nitrogen and oxygen atoms in total. The first-order valence-corrected chi connectivity index (χ1v) is 11.9. The summed E-state index contributed by atoms with van der Waals surface area (Å²) >= 11 is 6.40. The summed E-state index contributed by atoms with van der Waals surface area (Å²) in [4.78, 5) is 5.01. The van der Waals surface area contributed by atoms with Gasteiger partial charge < -0.3 is 19.1 Å². The molecular formula is C27H29ClN2O3. The van der Waals surface area contributed by atoms with E-state index in [0.717, 1.165) is 56.2 Å². The second-order valence-corrected chi connectivity index (χ2v) is 8.96. The zero-order valence-corrected chi connectivity index (χ0v) is 19.6. The van der Waals surface area contributed by atoms with E-state index in [-0.39, 0.29) is 12.9 Å². The Morgan fingerprint density at radius 3 is 2.48 bits per heavy atom. The minimum absolute atomic E-state index is 0.131. The number of piperazine rings is 1. The van der Waals surface area contributed by atoms with E-state index in [9.17, 15) is 0 Å². The van der Waals surface area contributed by atoms with Crippen molar-refractivity contribution in [1.82, 2.24) is 4.90 Å². The summed E-state index contributed by atoms with van der Waals surface area (Å²) in [5.41, 5.74) is 3.75. The van der Waals surface area contributed by atoms with E-state index in [1.165, 1.54) is 11.3 Å². The average Bonchev–Trinajstić information content (AvgIpc) is 3.32. The maximum atomic E-state index is 6.42. The van der Waals surface area contributed by atoms with Gasteiger partial charge in [0.2, 0.25) is 6.79 Å². The van der Waals surface area contributed by atoms with Gasteiger partial charge in [0.1, 0.15) is 11.9 Å². The van der Waals surface area contributed by atoms with Gasteiger partial charge in [-0.15, -0.1) is 0 Å². The van der Waals surface area contributed by atoms with E-state index in [4.69, 9.17) is 25.8 Å². The van der Waals surface area contributed by atoms with Crippen LogP contribution in [0, 0.1) is 6.92 Å². The Bertz CT molecular complexity index is 1100. The number of nitrogens with zero attached hydrogens (tertiary/aromatic N) is 2. The molecule has 3 aromatic carbocycles. The quantitative estimate of drug-likeness (QED) is 0.447. The van der Waals surface area contributed by atoms with Gasteiger partial charge in [-0.05, 0) is 48.4 Å². The molecule has 0 aromatic heterocycles. The maximum absolute atomic E-state index is 6.42. The summed E-state index contributed by atoms with van der Waals surface area (Å²) in [6.07, 6.45) is 0.726. The second-order valence-electron chi connectivity index (χ2n) is 8.55. The number of aryl methyl sites for hydroxylation is 1. The van der Waals surface area contributed by atoms with Crippen LogP contribution in [0.15, 0.2) is 66.7 Å². The SMILES string of the molecule is Cc1ccccc1N1CCN(CC[C@H](Oc2ccccc2Cl)c2ccc3c(c2)OCO3)CC1. The number of benzene rings is 3. The van der Waals surface area contributed by atoms with E-state index in [2.05, 4.69) is 47.1 Å². The van der Waals surface area contributed by atoms with E-state index < -0.39 is 0 Å². The normalized spacial score (nSPS) is 16.6. The smallest absolute Gasteiger partial charge is 0.231 e. The highest BCUT2D eigenvalue weighted by atomic mass is 35.5. The van der Waals surface area contributed by atoms with Crippen molar-refractivity contribution in [2.45, 2.75) is 19.4 Å².